The Labute approximate surface area is 106 Å². The van der Waals surface area contributed by atoms with E-state index in [-0.39, 0.29) is 0 Å². The summed E-state index contributed by atoms with van der Waals surface area (Å²) >= 11 is 1.80. The minimum atomic E-state index is 0.675. The highest BCUT2D eigenvalue weighted by molar-refractivity contribution is 7.16. The lowest BCUT2D eigenvalue weighted by Gasteiger charge is -1.98. The van der Waals surface area contributed by atoms with Crippen molar-refractivity contribution in [1.82, 2.24) is 4.98 Å². The fourth-order valence-corrected chi connectivity index (χ4v) is 2.88. The van der Waals surface area contributed by atoms with E-state index in [1.165, 1.54) is 23.3 Å². The van der Waals surface area contributed by atoms with E-state index in [4.69, 9.17) is 4.98 Å². The number of nitrogens with one attached hydrogen (secondary N) is 1. The summed E-state index contributed by atoms with van der Waals surface area (Å²) in [5.74, 6) is 0. The molecule has 1 aliphatic carbocycles. The first kappa shape index (κ1) is 10.8. The molecule has 2 aromatic rings. The SMILES string of the molecule is CCc1sc(NC2CC2)nc1-c1ccccc1. The molecule has 3 heteroatoms. The van der Waals surface area contributed by atoms with Crippen LogP contribution in [0.2, 0.25) is 0 Å². The van der Waals surface area contributed by atoms with E-state index in [0.29, 0.717) is 6.04 Å². The number of benzene rings is 1. The molecule has 1 aliphatic rings. The molecule has 0 amide bonds. The summed E-state index contributed by atoms with van der Waals surface area (Å²) in [6, 6.07) is 11.1. The van der Waals surface area contributed by atoms with Gasteiger partial charge in [-0.15, -0.1) is 11.3 Å². The van der Waals surface area contributed by atoms with Crippen molar-refractivity contribution in [3.63, 3.8) is 0 Å². The molecule has 2 nitrogen and oxygen atoms in total. The molecule has 1 saturated carbocycles. The average molecular weight is 244 g/mol. The summed E-state index contributed by atoms with van der Waals surface area (Å²) in [4.78, 5) is 6.11. The predicted molar refractivity (Wildman–Crippen MR) is 73.6 cm³/mol. The highest BCUT2D eigenvalue weighted by atomic mass is 32.1. The van der Waals surface area contributed by atoms with Gasteiger partial charge in [-0.05, 0) is 19.3 Å². The molecule has 17 heavy (non-hydrogen) atoms. The fraction of sp³-hybridized carbons (Fsp3) is 0.357. The van der Waals surface area contributed by atoms with E-state index in [2.05, 4.69) is 36.5 Å². The summed E-state index contributed by atoms with van der Waals surface area (Å²) in [6.45, 7) is 2.20. The van der Waals surface area contributed by atoms with E-state index in [9.17, 15) is 0 Å². The summed E-state index contributed by atoms with van der Waals surface area (Å²) in [6.07, 6.45) is 3.64. The van der Waals surface area contributed by atoms with Crippen molar-refractivity contribution in [3.8, 4) is 11.3 Å². The van der Waals surface area contributed by atoms with Gasteiger partial charge in [-0.25, -0.2) is 4.98 Å². The predicted octanol–water partition coefficient (Wildman–Crippen LogP) is 3.95. The third kappa shape index (κ3) is 2.34. The Morgan fingerprint density at radius 1 is 1.29 bits per heavy atom. The van der Waals surface area contributed by atoms with Crippen LogP contribution in [0.3, 0.4) is 0 Å². The van der Waals surface area contributed by atoms with Gasteiger partial charge in [0.25, 0.3) is 0 Å². The van der Waals surface area contributed by atoms with Crippen LogP contribution in [0.15, 0.2) is 30.3 Å². The van der Waals surface area contributed by atoms with Crippen molar-refractivity contribution < 1.29 is 0 Å². The number of anilines is 1. The number of rotatable bonds is 4. The largest absolute Gasteiger partial charge is 0.359 e. The van der Waals surface area contributed by atoms with Crippen LogP contribution in [0, 0.1) is 0 Å². The minimum absolute atomic E-state index is 0.675. The van der Waals surface area contributed by atoms with Gasteiger partial charge in [0.2, 0.25) is 0 Å². The zero-order valence-electron chi connectivity index (χ0n) is 9.94. The van der Waals surface area contributed by atoms with Crippen LogP contribution in [-0.2, 0) is 6.42 Å². The molecule has 0 aliphatic heterocycles. The van der Waals surface area contributed by atoms with Gasteiger partial charge >= 0.3 is 0 Å². The summed E-state index contributed by atoms with van der Waals surface area (Å²) in [7, 11) is 0. The van der Waals surface area contributed by atoms with Gasteiger partial charge in [-0.3, -0.25) is 0 Å². The van der Waals surface area contributed by atoms with Crippen LogP contribution < -0.4 is 5.32 Å². The minimum Gasteiger partial charge on any atom is -0.359 e. The first-order valence-electron chi connectivity index (χ1n) is 6.18. The van der Waals surface area contributed by atoms with Crippen molar-refractivity contribution in [2.75, 3.05) is 5.32 Å². The summed E-state index contributed by atoms with van der Waals surface area (Å²) < 4.78 is 0. The molecule has 0 saturated heterocycles. The van der Waals surface area contributed by atoms with Gasteiger partial charge in [0.1, 0.15) is 0 Å². The molecule has 88 valence electrons. The number of aromatic nitrogens is 1. The zero-order valence-corrected chi connectivity index (χ0v) is 10.8. The quantitative estimate of drug-likeness (QED) is 0.881. The highest BCUT2D eigenvalue weighted by Crippen LogP contribution is 2.34. The Kier molecular flexibility index (Phi) is 2.85. The fourth-order valence-electron chi connectivity index (χ4n) is 1.88. The van der Waals surface area contributed by atoms with Gasteiger partial charge in [0.15, 0.2) is 5.13 Å². The molecule has 0 unspecified atom stereocenters. The van der Waals surface area contributed by atoms with Crippen molar-refractivity contribution in [3.05, 3.63) is 35.2 Å². The number of aryl methyl sites for hydroxylation is 1. The normalized spacial score (nSPS) is 14.9. The van der Waals surface area contributed by atoms with Crippen LogP contribution in [0.5, 0.6) is 0 Å². The molecule has 1 heterocycles. The molecule has 1 aromatic heterocycles. The molecule has 1 N–H and O–H groups in total. The highest BCUT2D eigenvalue weighted by Gasteiger charge is 2.23. The van der Waals surface area contributed by atoms with Gasteiger partial charge in [0, 0.05) is 16.5 Å². The van der Waals surface area contributed by atoms with Crippen LogP contribution in [0.1, 0.15) is 24.6 Å². The van der Waals surface area contributed by atoms with E-state index < -0.39 is 0 Å². The summed E-state index contributed by atoms with van der Waals surface area (Å²) in [5, 5.41) is 4.57. The summed E-state index contributed by atoms with van der Waals surface area (Å²) in [5.41, 5.74) is 2.38. The smallest absolute Gasteiger partial charge is 0.183 e. The van der Waals surface area contributed by atoms with E-state index in [0.717, 1.165) is 17.2 Å². The zero-order chi connectivity index (χ0) is 11.7. The molecule has 1 fully saturated rings. The van der Waals surface area contributed by atoms with Gasteiger partial charge in [-0.2, -0.15) is 0 Å². The van der Waals surface area contributed by atoms with E-state index in [1.54, 1.807) is 11.3 Å². The number of hydrogen-bond acceptors (Lipinski definition) is 3. The third-order valence-corrected chi connectivity index (χ3v) is 4.10. The van der Waals surface area contributed by atoms with Crippen molar-refractivity contribution in [2.45, 2.75) is 32.2 Å². The Bertz CT molecular complexity index is 500. The van der Waals surface area contributed by atoms with Gasteiger partial charge in [-0.1, -0.05) is 37.3 Å². The second-order valence-electron chi connectivity index (χ2n) is 4.43. The van der Waals surface area contributed by atoms with Crippen LogP contribution >= 0.6 is 11.3 Å². The standard InChI is InChI=1S/C14H16N2S/c1-2-12-13(10-6-4-3-5-7-10)16-14(17-12)15-11-8-9-11/h3-7,11H,2,8-9H2,1H3,(H,15,16). The van der Waals surface area contributed by atoms with Gasteiger partial charge < -0.3 is 5.32 Å². The molecular formula is C14H16N2S. The van der Waals surface area contributed by atoms with E-state index in [1.807, 2.05) is 6.07 Å². The third-order valence-electron chi connectivity index (χ3n) is 2.97. The van der Waals surface area contributed by atoms with Crippen LogP contribution in [0.25, 0.3) is 11.3 Å². The lowest BCUT2D eigenvalue weighted by Crippen LogP contribution is -1.99. The maximum Gasteiger partial charge on any atom is 0.183 e. The molecule has 3 rings (SSSR count). The Morgan fingerprint density at radius 2 is 2.06 bits per heavy atom. The number of hydrogen-bond donors (Lipinski definition) is 1. The van der Waals surface area contributed by atoms with Crippen LogP contribution in [0.4, 0.5) is 5.13 Å². The monoisotopic (exact) mass is 244 g/mol. The molecule has 0 atom stereocenters. The van der Waals surface area contributed by atoms with Crippen LogP contribution in [-0.4, -0.2) is 11.0 Å². The lowest BCUT2D eigenvalue weighted by atomic mass is 10.1. The maximum atomic E-state index is 4.74. The second-order valence-corrected chi connectivity index (χ2v) is 5.51. The maximum absolute atomic E-state index is 4.74. The van der Waals surface area contributed by atoms with Crippen molar-refractivity contribution in [2.24, 2.45) is 0 Å². The van der Waals surface area contributed by atoms with Crippen molar-refractivity contribution >= 4 is 16.5 Å². The first-order valence-corrected chi connectivity index (χ1v) is 7.00. The molecule has 0 spiro atoms. The van der Waals surface area contributed by atoms with E-state index >= 15 is 0 Å². The second kappa shape index (κ2) is 4.49. The van der Waals surface area contributed by atoms with Crippen molar-refractivity contribution in [1.29, 1.82) is 0 Å². The molecular weight excluding hydrogens is 228 g/mol. The molecule has 0 radical (unpaired) electrons. The first-order chi connectivity index (χ1) is 8.36. The van der Waals surface area contributed by atoms with Gasteiger partial charge in [0.05, 0.1) is 5.69 Å². The Morgan fingerprint density at radius 3 is 2.71 bits per heavy atom. The number of nitrogens with zero attached hydrogens (tertiary/aromatic N) is 1. The average Bonchev–Trinajstić information content (AvgIpc) is 3.08. The lowest BCUT2D eigenvalue weighted by molar-refractivity contribution is 1.13. The number of thiazole rings is 1. The topological polar surface area (TPSA) is 24.9 Å². The Balaban J connectivity index is 1.94. The Hall–Kier alpha value is -1.35. The molecule has 1 aromatic carbocycles. The molecule has 0 bridgehead atoms.